The zero-order valence-corrected chi connectivity index (χ0v) is 9.19. The van der Waals surface area contributed by atoms with Gasteiger partial charge in [-0.05, 0) is 6.92 Å². The molecule has 0 amide bonds. The molecule has 0 radical (unpaired) electrons. The summed E-state index contributed by atoms with van der Waals surface area (Å²) < 4.78 is 6.84. The second-order valence-electron chi connectivity index (χ2n) is 3.26. The van der Waals surface area contributed by atoms with Gasteiger partial charge in [-0.3, -0.25) is 4.40 Å². The fourth-order valence-corrected chi connectivity index (χ4v) is 1.50. The average Bonchev–Trinajstić information content (AvgIpc) is 2.59. The predicted molar refractivity (Wildman–Crippen MR) is 57.2 cm³/mol. The van der Waals surface area contributed by atoms with Crippen LogP contribution in [0.4, 0.5) is 0 Å². The van der Waals surface area contributed by atoms with Crippen molar-refractivity contribution in [2.75, 3.05) is 7.11 Å². The molecule has 0 aliphatic heterocycles. The van der Waals surface area contributed by atoms with E-state index in [9.17, 15) is 0 Å². The van der Waals surface area contributed by atoms with E-state index in [0.29, 0.717) is 16.7 Å². The number of rotatable bonds is 2. The van der Waals surface area contributed by atoms with Gasteiger partial charge in [0.1, 0.15) is 5.15 Å². The molecule has 1 unspecified atom stereocenters. The first-order chi connectivity index (χ1) is 7.11. The van der Waals surface area contributed by atoms with Crippen LogP contribution in [0.1, 0.15) is 18.7 Å². The molecule has 0 spiro atoms. The summed E-state index contributed by atoms with van der Waals surface area (Å²) in [7, 11) is 1.53. The molecule has 2 heterocycles. The van der Waals surface area contributed by atoms with Crippen LogP contribution >= 0.6 is 11.6 Å². The van der Waals surface area contributed by atoms with E-state index in [1.165, 1.54) is 7.11 Å². The average molecular weight is 227 g/mol. The number of nitrogens with two attached hydrogens (primary N) is 1. The number of fused-ring (bicyclic) bond motifs is 1. The van der Waals surface area contributed by atoms with Gasteiger partial charge >= 0.3 is 0 Å². The minimum atomic E-state index is -0.131. The minimum absolute atomic E-state index is 0.131. The van der Waals surface area contributed by atoms with Crippen LogP contribution in [0.5, 0.6) is 5.88 Å². The molecular weight excluding hydrogens is 216 g/mol. The number of hydrogen-bond donors (Lipinski definition) is 1. The lowest BCUT2D eigenvalue weighted by molar-refractivity contribution is 0.400. The van der Waals surface area contributed by atoms with Crippen LogP contribution in [0.2, 0.25) is 5.15 Å². The molecule has 0 aliphatic carbocycles. The van der Waals surface area contributed by atoms with Crippen LogP contribution < -0.4 is 10.5 Å². The Morgan fingerprint density at radius 3 is 2.80 bits per heavy atom. The van der Waals surface area contributed by atoms with Crippen LogP contribution in [-0.4, -0.2) is 21.5 Å². The van der Waals surface area contributed by atoms with Crippen LogP contribution in [0.25, 0.3) is 5.65 Å². The highest BCUT2D eigenvalue weighted by Gasteiger charge is 2.11. The summed E-state index contributed by atoms with van der Waals surface area (Å²) in [5.41, 5.74) is 7.13. The van der Waals surface area contributed by atoms with Crippen molar-refractivity contribution in [1.29, 1.82) is 0 Å². The summed E-state index contributed by atoms with van der Waals surface area (Å²) in [4.78, 5) is 8.33. The topological polar surface area (TPSA) is 65.4 Å². The van der Waals surface area contributed by atoms with Gasteiger partial charge in [0.05, 0.1) is 12.8 Å². The monoisotopic (exact) mass is 226 g/mol. The molecule has 0 aliphatic rings. The van der Waals surface area contributed by atoms with Gasteiger partial charge < -0.3 is 10.5 Å². The minimum Gasteiger partial charge on any atom is -0.478 e. The Bertz CT molecular complexity index is 494. The lowest BCUT2D eigenvalue weighted by atomic mass is 10.3. The molecule has 0 bridgehead atoms. The highest BCUT2D eigenvalue weighted by Crippen LogP contribution is 2.21. The van der Waals surface area contributed by atoms with Crippen LogP contribution in [-0.2, 0) is 0 Å². The quantitative estimate of drug-likeness (QED) is 0.841. The maximum absolute atomic E-state index is 5.82. The largest absolute Gasteiger partial charge is 0.478 e. The van der Waals surface area contributed by atoms with Crippen molar-refractivity contribution in [3.63, 3.8) is 0 Å². The molecule has 2 aromatic heterocycles. The standard InChI is InChI=1S/C9H11ClN4O/c1-5(11)6-3-14-4-7(10)13-9(15-2)8(14)12-6/h3-5H,11H2,1-2H3. The van der Waals surface area contributed by atoms with Gasteiger partial charge in [-0.15, -0.1) is 0 Å². The third kappa shape index (κ3) is 1.75. The molecule has 5 nitrogen and oxygen atoms in total. The van der Waals surface area contributed by atoms with Gasteiger partial charge in [0.2, 0.25) is 5.65 Å². The maximum Gasteiger partial charge on any atom is 0.259 e. The van der Waals surface area contributed by atoms with Crippen LogP contribution in [0, 0.1) is 0 Å². The number of ether oxygens (including phenoxy) is 1. The van der Waals surface area contributed by atoms with Gasteiger partial charge in [0.25, 0.3) is 5.88 Å². The molecule has 6 heteroatoms. The van der Waals surface area contributed by atoms with Crippen molar-refractivity contribution in [3.05, 3.63) is 23.2 Å². The SMILES string of the molecule is COc1nc(Cl)cn2cc(C(C)N)nc12. The van der Waals surface area contributed by atoms with E-state index in [-0.39, 0.29) is 6.04 Å². The Morgan fingerprint density at radius 1 is 1.47 bits per heavy atom. The number of hydrogen-bond acceptors (Lipinski definition) is 4. The van der Waals surface area contributed by atoms with Crippen molar-refractivity contribution >= 4 is 17.2 Å². The molecule has 0 saturated carbocycles. The lowest BCUT2D eigenvalue weighted by Gasteiger charge is -2.00. The zero-order valence-electron chi connectivity index (χ0n) is 8.44. The normalized spacial score (nSPS) is 13.1. The zero-order chi connectivity index (χ0) is 11.0. The van der Waals surface area contributed by atoms with E-state index in [0.717, 1.165) is 5.69 Å². The van der Waals surface area contributed by atoms with Gasteiger partial charge in [0.15, 0.2) is 0 Å². The number of imidazole rings is 1. The molecule has 80 valence electrons. The Morgan fingerprint density at radius 2 is 2.20 bits per heavy atom. The van der Waals surface area contributed by atoms with Crippen molar-refractivity contribution in [1.82, 2.24) is 14.4 Å². The smallest absolute Gasteiger partial charge is 0.259 e. The van der Waals surface area contributed by atoms with E-state index < -0.39 is 0 Å². The molecule has 2 rings (SSSR count). The number of aromatic nitrogens is 3. The Labute approximate surface area is 91.8 Å². The van der Waals surface area contributed by atoms with E-state index in [4.69, 9.17) is 22.1 Å². The van der Waals surface area contributed by atoms with Crippen molar-refractivity contribution in [2.45, 2.75) is 13.0 Å². The Hall–Kier alpha value is -1.33. The van der Waals surface area contributed by atoms with Crippen LogP contribution in [0.3, 0.4) is 0 Å². The van der Waals surface area contributed by atoms with Crippen molar-refractivity contribution in [3.8, 4) is 5.88 Å². The third-order valence-corrected chi connectivity index (χ3v) is 2.24. The summed E-state index contributed by atoms with van der Waals surface area (Å²) in [6.07, 6.45) is 3.48. The van der Waals surface area contributed by atoms with Gasteiger partial charge in [-0.25, -0.2) is 4.98 Å². The number of halogens is 1. The summed E-state index contributed by atoms with van der Waals surface area (Å²) in [5, 5.41) is 0.355. The molecular formula is C9H11ClN4O. The first-order valence-electron chi connectivity index (χ1n) is 4.46. The second kappa shape index (κ2) is 3.67. The Kier molecular flexibility index (Phi) is 2.50. The molecule has 15 heavy (non-hydrogen) atoms. The Balaban J connectivity index is 2.68. The van der Waals surface area contributed by atoms with Gasteiger partial charge in [-0.2, -0.15) is 4.98 Å². The first-order valence-corrected chi connectivity index (χ1v) is 4.84. The molecule has 0 fully saturated rings. The highest BCUT2D eigenvalue weighted by atomic mass is 35.5. The summed E-state index contributed by atoms with van der Waals surface area (Å²) in [5.74, 6) is 0.398. The van der Waals surface area contributed by atoms with E-state index in [1.54, 1.807) is 10.6 Å². The maximum atomic E-state index is 5.82. The third-order valence-electron chi connectivity index (χ3n) is 2.06. The summed E-state index contributed by atoms with van der Waals surface area (Å²) in [6, 6.07) is -0.131. The molecule has 2 N–H and O–H groups in total. The fraction of sp³-hybridized carbons (Fsp3) is 0.333. The van der Waals surface area contributed by atoms with E-state index >= 15 is 0 Å². The summed E-state index contributed by atoms with van der Waals surface area (Å²) in [6.45, 7) is 1.86. The highest BCUT2D eigenvalue weighted by molar-refractivity contribution is 6.29. The predicted octanol–water partition coefficient (Wildman–Crippen LogP) is 1.41. The number of nitrogens with zero attached hydrogens (tertiary/aromatic N) is 3. The lowest BCUT2D eigenvalue weighted by Crippen LogP contribution is -2.04. The first kappa shape index (κ1) is 10.2. The van der Waals surface area contributed by atoms with E-state index in [1.807, 2.05) is 13.1 Å². The fourth-order valence-electron chi connectivity index (χ4n) is 1.32. The van der Waals surface area contributed by atoms with Crippen LogP contribution in [0.15, 0.2) is 12.4 Å². The molecule has 0 saturated heterocycles. The van der Waals surface area contributed by atoms with Gasteiger partial charge in [0, 0.05) is 18.4 Å². The molecule has 1 atom stereocenters. The second-order valence-corrected chi connectivity index (χ2v) is 3.65. The molecule has 0 aromatic carbocycles. The summed E-state index contributed by atoms with van der Waals surface area (Å²) >= 11 is 5.82. The van der Waals surface area contributed by atoms with Gasteiger partial charge in [-0.1, -0.05) is 11.6 Å². The van der Waals surface area contributed by atoms with Crippen molar-refractivity contribution in [2.24, 2.45) is 5.73 Å². The molecule has 2 aromatic rings. The van der Waals surface area contributed by atoms with Crippen molar-refractivity contribution < 1.29 is 4.74 Å². The number of methoxy groups -OCH3 is 1. The van der Waals surface area contributed by atoms with E-state index in [2.05, 4.69) is 9.97 Å².